The molecule has 1 fully saturated rings. The summed E-state index contributed by atoms with van der Waals surface area (Å²) in [5.41, 5.74) is 0.230. The number of methoxy groups -OCH3 is 1. The summed E-state index contributed by atoms with van der Waals surface area (Å²) in [6.45, 7) is 0. The number of rotatable bonds is 4. The quantitative estimate of drug-likeness (QED) is 0.610. The van der Waals surface area contributed by atoms with Crippen LogP contribution in [-0.4, -0.2) is 38.9 Å². The molecule has 0 bridgehead atoms. The monoisotopic (exact) mass is 359 g/mol. The fraction of sp³-hybridized carbons (Fsp3) is 0.562. The van der Waals surface area contributed by atoms with Gasteiger partial charge in [0.15, 0.2) is 0 Å². The predicted molar refractivity (Wildman–Crippen MR) is 89.2 cm³/mol. The van der Waals surface area contributed by atoms with Crippen LogP contribution in [0.3, 0.4) is 0 Å². The first-order chi connectivity index (χ1) is 10.9. The fourth-order valence-corrected chi connectivity index (χ4v) is 4.86. The minimum Gasteiger partial charge on any atom is -0.465 e. The Bertz CT molecular complexity index is 667. The Labute approximate surface area is 142 Å². The Balaban J connectivity index is 2.29. The van der Waals surface area contributed by atoms with Crippen molar-refractivity contribution in [2.24, 2.45) is 0 Å². The topological polar surface area (TPSA) is 63.7 Å². The van der Waals surface area contributed by atoms with Gasteiger partial charge in [0.1, 0.15) is 4.90 Å². The van der Waals surface area contributed by atoms with Gasteiger partial charge in [-0.2, -0.15) is 4.31 Å². The van der Waals surface area contributed by atoms with Crippen LogP contribution >= 0.6 is 11.6 Å². The van der Waals surface area contributed by atoms with Gasteiger partial charge in [-0.3, -0.25) is 0 Å². The van der Waals surface area contributed by atoms with Crippen LogP contribution in [-0.2, 0) is 14.8 Å². The van der Waals surface area contributed by atoms with E-state index in [2.05, 4.69) is 4.74 Å². The van der Waals surface area contributed by atoms with Gasteiger partial charge in [0.05, 0.1) is 17.7 Å². The highest BCUT2D eigenvalue weighted by atomic mass is 35.5. The summed E-state index contributed by atoms with van der Waals surface area (Å²) in [7, 11) is -0.814. The van der Waals surface area contributed by atoms with E-state index in [1.54, 1.807) is 7.05 Å². The lowest BCUT2D eigenvalue weighted by molar-refractivity contribution is 0.0600. The lowest BCUT2D eigenvalue weighted by Gasteiger charge is -2.26. The maximum atomic E-state index is 12.8. The first-order valence-corrected chi connectivity index (χ1v) is 9.55. The second kappa shape index (κ2) is 7.64. The van der Waals surface area contributed by atoms with Crippen molar-refractivity contribution in [1.82, 2.24) is 4.31 Å². The van der Waals surface area contributed by atoms with Crippen molar-refractivity contribution >= 4 is 27.6 Å². The van der Waals surface area contributed by atoms with Crippen molar-refractivity contribution in [2.75, 3.05) is 14.2 Å². The molecule has 1 aliphatic carbocycles. The van der Waals surface area contributed by atoms with E-state index in [-0.39, 0.29) is 21.5 Å². The Morgan fingerprint density at radius 3 is 2.35 bits per heavy atom. The molecule has 5 nitrogen and oxygen atoms in total. The van der Waals surface area contributed by atoms with E-state index in [4.69, 9.17) is 11.6 Å². The number of ether oxygens (including phenoxy) is 1. The minimum atomic E-state index is -3.69. The lowest BCUT2D eigenvalue weighted by Crippen LogP contribution is -2.36. The first-order valence-electron chi connectivity index (χ1n) is 7.74. The van der Waals surface area contributed by atoms with Crippen LogP contribution in [0.25, 0.3) is 0 Å². The molecule has 0 N–H and O–H groups in total. The molecule has 0 spiro atoms. The molecule has 1 aromatic rings. The molecule has 0 heterocycles. The first kappa shape index (κ1) is 18.2. The predicted octanol–water partition coefficient (Wildman–Crippen LogP) is 3.47. The third-order valence-corrected chi connectivity index (χ3v) is 6.74. The highest BCUT2D eigenvalue weighted by Gasteiger charge is 2.30. The van der Waals surface area contributed by atoms with E-state index in [1.807, 2.05) is 0 Å². The smallest absolute Gasteiger partial charge is 0.337 e. The van der Waals surface area contributed by atoms with E-state index >= 15 is 0 Å². The number of esters is 1. The summed E-state index contributed by atoms with van der Waals surface area (Å²) in [5, 5.41) is 0.0355. The largest absolute Gasteiger partial charge is 0.465 e. The summed E-state index contributed by atoms with van der Waals surface area (Å²) in [5.74, 6) is -0.548. The SMILES string of the molecule is COC(=O)c1ccc(S(=O)(=O)N(C)C2CCCCCC2)c(Cl)c1. The molecule has 0 aromatic heterocycles. The van der Waals surface area contributed by atoms with Crippen LogP contribution in [0.5, 0.6) is 0 Å². The van der Waals surface area contributed by atoms with Crippen LogP contribution in [0.4, 0.5) is 0 Å². The molecular weight excluding hydrogens is 338 g/mol. The maximum Gasteiger partial charge on any atom is 0.337 e. The normalized spacial score (nSPS) is 17.0. The second-order valence-corrected chi connectivity index (χ2v) is 8.18. The average molecular weight is 360 g/mol. The van der Waals surface area contributed by atoms with Crippen LogP contribution < -0.4 is 0 Å². The Morgan fingerprint density at radius 1 is 1.22 bits per heavy atom. The summed E-state index contributed by atoms with van der Waals surface area (Å²) in [4.78, 5) is 11.5. The van der Waals surface area contributed by atoms with Gasteiger partial charge >= 0.3 is 5.97 Å². The standard InChI is InChI=1S/C16H22ClNO4S/c1-18(13-7-5-3-4-6-8-13)23(20,21)15-10-9-12(11-14(15)17)16(19)22-2/h9-11,13H,3-8H2,1-2H3. The van der Waals surface area contributed by atoms with Crippen molar-refractivity contribution in [3.63, 3.8) is 0 Å². The van der Waals surface area contributed by atoms with Crippen molar-refractivity contribution < 1.29 is 17.9 Å². The summed E-state index contributed by atoms with van der Waals surface area (Å²) >= 11 is 6.12. The molecule has 23 heavy (non-hydrogen) atoms. The van der Waals surface area contributed by atoms with Crippen molar-refractivity contribution in [2.45, 2.75) is 49.5 Å². The highest BCUT2D eigenvalue weighted by molar-refractivity contribution is 7.89. The Kier molecular flexibility index (Phi) is 6.06. The van der Waals surface area contributed by atoms with Crippen LogP contribution in [0.1, 0.15) is 48.9 Å². The second-order valence-electron chi connectivity index (χ2n) is 5.80. The summed E-state index contributed by atoms with van der Waals surface area (Å²) < 4.78 is 31.7. The number of nitrogens with zero attached hydrogens (tertiary/aromatic N) is 1. The van der Waals surface area contributed by atoms with Gasteiger partial charge in [0.2, 0.25) is 10.0 Å². The molecule has 1 aromatic carbocycles. The lowest BCUT2D eigenvalue weighted by atomic mass is 10.1. The zero-order valence-corrected chi connectivity index (χ0v) is 15.0. The average Bonchev–Trinajstić information content (AvgIpc) is 2.82. The number of carbonyl (C=O) groups excluding carboxylic acids is 1. The number of benzene rings is 1. The van der Waals surface area contributed by atoms with Gasteiger partial charge in [-0.05, 0) is 31.0 Å². The molecule has 2 rings (SSSR count). The maximum absolute atomic E-state index is 12.8. The molecular formula is C16H22ClNO4S. The van der Waals surface area contributed by atoms with Gasteiger partial charge < -0.3 is 4.74 Å². The van der Waals surface area contributed by atoms with Crippen LogP contribution in [0.15, 0.2) is 23.1 Å². The molecule has 128 valence electrons. The summed E-state index contributed by atoms with van der Waals surface area (Å²) in [6, 6.07) is 4.13. The number of sulfonamides is 1. The third-order valence-electron chi connectivity index (χ3n) is 4.35. The van der Waals surface area contributed by atoms with E-state index in [9.17, 15) is 13.2 Å². The van der Waals surface area contributed by atoms with Crippen molar-refractivity contribution in [1.29, 1.82) is 0 Å². The molecule has 0 atom stereocenters. The third kappa shape index (κ3) is 4.05. The van der Waals surface area contributed by atoms with Gasteiger partial charge in [-0.15, -0.1) is 0 Å². The highest BCUT2D eigenvalue weighted by Crippen LogP contribution is 2.30. The number of hydrogen-bond donors (Lipinski definition) is 0. The Morgan fingerprint density at radius 2 is 1.83 bits per heavy atom. The molecule has 1 saturated carbocycles. The Hall–Kier alpha value is -1.11. The molecule has 0 aliphatic heterocycles. The molecule has 0 amide bonds. The number of hydrogen-bond acceptors (Lipinski definition) is 4. The van der Waals surface area contributed by atoms with Gasteiger partial charge in [0, 0.05) is 13.1 Å². The number of carbonyl (C=O) groups is 1. The van der Waals surface area contributed by atoms with E-state index in [0.717, 1.165) is 38.5 Å². The van der Waals surface area contributed by atoms with Gasteiger partial charge in [0.25, 0.3) is 0 Å². The molecule has 7 heteroatoms. The summed E-state index contributed by atoms with van der Waals surface area (Å²) in [6.07, 6.45) is 6.12. The number of halogens is 1. The van der Waals surface area contributed by atoms with Crippen LogP contribution in [0.2, 0.25) is 5.02 Å². The van der Waals surface area contributed by atoms with Crippen molar-refractivity contribution in [3.8, 4) is 0 Å². The zero-order valence-electron chi connectivity index (χ0n) is 13.4. The van der Waals surface area contributed by atoms with E-state index < -0.39 is 16.0 Å². The molecule has 0 saturated heterocycles. The van der Waals surface area contributed by atoms with E-state index in [1.165, 1.54) is 29.6 Å². The molecule has 0 unspecified atom stereocenters. The van der Waals surface area contributed by atoms with Crippen LogP contribution in [0, 0.1) is 0 Å². The van der Waals surface area contributed by atoms with E-state index in [0.29, 0.717) is 0 Å². The molecule has 1 aliphatic rings. The molecule has 0 radical (unpaired) electrons. The van der Waals surface area contributed by atoms with Crippen molar-refractivity contribution in [3.05, 3.63) is 28.8 Å². The minimum absolute atomic E-state index is 0.00106. The fourth-order valence-electron chi connectivity index (χ4n) is 2.93. The zero-order chi connectivity index (χ0) is 17.0. The van der Waals surface area contributed by atoms with Gasteiger partial charge in [-0.25, -0.2) is 13.2 Å². The van der Waals surface area contributed by atoms with Gasteiger partial charge in [-0.1, -0.05) is 37.3 Å².